The molecule has 23 heavy (non-hydrogen) atoms. The first-order valence-corrected chi connectivity index (χ1v) is 9.32. The number of aryl methyl sites for hydroxylation is 1. The molecule has 0 saturated carbocycles. The third-order valence-corrected chi connectivity index (χ3v) is 6.08. The van der Waals surface area contributed by atoms with E-state index < -0.39 is 0 Å². The summed E-state index contributed by atoms with van der Waals surface area (Å²) in [6.07, 6.45) is 0.884. The summed E-state index contributed by atoms with van der Waals surface area (Å²) >= 11 is 3.44. The van der Waals surface area contributed by atoms with Crippen LogP contribution in [0.15, 0.2) is 17.5 Å². The summed E-state index contributed by atoms with van der Waals surface area (Å²) in [7, 11) is 0. The number of thiazole rings is 1. The van der Waals surface area contributed by atoms with E-state index in [2.05, 4.69) is 33.1 Å². The van der Waals surface area contributed by atoms with Gasteiger partial charge in [0.15, 0.2) is 0 Å². The summed E-state index contributed by atoms with van der Waals surface area (Å²) in [6.45, 7) is 6.69. The quantitative estimate of drug-likeness (QED) is 0.820. The fourth-order valence-electron chi connectivity index (χ4n) is 2.48. The standard InChI is InChI=1S/C16H21N3OS2.ClH/c1-10(12-7-17-8-12)16(20)18-6-5-13-3-4-15(22-13)14-9-21-11(2)19-14;/h3-4,9-10,12,17H,5-8H2,1-2H3,(H,18,20);1H. The Morgan fingerprint density at radius 3 is 2.87 bits per heavy atom. The molecule has 7 heteroatoms. The Balaban J connectivity index is 0.00000192. The Morgan fingerprint density at radius 2 is 2.26 bits per heavy atom. The number of hydrogen-bond donors (Lipinski definition) is 2. The van der Waals surface area contributed by atoms with Crippen LogP contribution in [0.5, 0.6) is 0 Å². The third kappa shape index (κ3) is 4.53. The van der Waals surface area contributed by atoms with Crippen molar-refractivity contribution in [3.05, 3.63) is 27.4 Å². The normalized spacial score (nSPS) is 15.6. The van der Waals surface area contributed by atoms with E-state index >= 15 is 0 Å². The van der Waals surface area contributed by atoms with Gasteiger partial charge in [0.25, 0.3) is 0 Å². The van der Waals surface area contributed by atoms with E-state index in [9.17, 15) is 4.79 Å². The molecular weight excluding hydrogens is 350 g/mol. The van der Waals surface area contributed by atoms with Gasteiger partial charge in [-0.3, -0.25) is 4.79 Å². The minimum Gasteiger partial charge on any atom is -0.355 e. The fourth-order valence-corrected chi connectivity index (χ4v) is 4.13. The van der Waals surface area contributed by atoms with Gasteiger partial charge in [0.2, 0.25) is 5.91 Å². The molecule has 1 aliphatic heterocycles. The zero-order valence-corrected chi connectivity index (χ0v) is 15.7. The highest BCUT2D eigenvalue weighted by Gasteiger charge is 2.28. The molecule has 1 saturated heterocycles. The van der Waals surface area contributed by atoms with Crippen LogP contribution in [-0.4, -0.2) is 30.5 Å². The molecule has 4 nitrogen and oxygen atoms in total. The molecule has 1 aliphatic rings. The molecule has 2 N–H and O–H groups in total. The lowest BCUT2D eigenvalue weighted by Gasteiger charge is -2.31. The summed E-state index contributed by atoms with van der Waals surface area (Å²) in [4.78, 5) is 19.1. The highest BCUT2D eigenvalue weighted by molar-refractivity contribution is 7.16. The number of thiophene rings is 1. The molecule has 1 atom stereocenters. The van der Waals surface area contributed by atoms with E-state index in [0.717, 1.165) is 30.2 Å². The van der Waals surface area contributed by atoms with Crippen molar-refractivity contribution in [2.45, 2.75) is 20.3 Å². The molecule has 1 unspecified atom stereocenters. The van der Waals surface area contributed by atoms with Crippen LogP contribution in [0, 0.1) is 18.8 Å². The van der Waals surface area contributed by atoms with Gasteiger partial charge in [0, 0.05) is 22.7 Å². The Labute approximate surface area is 151 Å². The van der Waals surface area contributed by atoms with Crippen LogP contribution in [0.25, 0.3) is 10.6 Å². The molecule has 0 spiro atoms. The molecule has 1 amide bonds. The second-order valence-electron chi connectivity index (χ2n) is 5.77. The number of nitrogens with zero attached hydrogens (tertiary/aromatic N) is 1. The second kappa shape index (κ2) is 8.24. The predicted octanol–water partition coefficient (Wildman–Crippen LogP) is 3.12. The number of nitrogens with one attached hydrogen (secondary N) is 2. The molecule has 0 bridgehead atoms. The van der Waals surface area contributed by atoms with Crippen molar-refractivity contribution in [3.63, 3.8) is 0 Å². The fraction of sp³-hybridized carbons (Fsp3) is 0.500. The zero-order chi connectivity index (χ0) is 15.5. The summed E-state index contributed by atoms with van der Waals surface area (Å²) < 4.78 is 0. The highest BCUT2D eigenvalue weighted by atomic mass is 35.5. The van der Waals surface area contributed by atoms with Crippen molar-refractivity contribution in [1.82, 2.24) is 15.6 Å². The first kappa shape index (κ1) is 18.4. The van der Waals surface area contributed by atoms with E-state index in [0.29, 0.717) is 12.5 Å². The number of rotatable bonds is 6. The maximum absolute atomic E-state index is 12.1. The van der Waals surface area contributed by atoms with Gasteiger partial charge in [-0.1, -0.05) is 6.92 Å². The zero-order valence-electron chi connectivity index (χ0n) is 13.3. The van der Waals surface area contributed by atoms with E-state index in [1.807, 2.05) is 13.8 Å². The molecule has 1 fully saturated rings. The van der Waals surface area contributed by atoms with E-state index in [-0.39, 0.29) is 24.2 Å². The van der Waals surface area contributed by atoms with Gasteiger partial charge in [0.05, 0.1) is 15.6 Å². The van der Waals surface area contributed by atoms with Crippen LogP contribution in [0.2, 0.25) is 0 Å². The Hall–Kier alpha value is -0.950. The van der Waals surface area contributed by atoms with Crippen molar-refractivity contribution in [1.29, 1.82) is 0 Å². The highest BCUT2D eigenvalue weighted by Crippen LogP contribution is 2.29. The van der Waals surface area contributed by atoms with Crippen molar-refractivity contribution in [3.8, 4) is 10.6 Å². The van der Waals surface area contributed by atoms with Crippen molar-refractivity contribution >= 4 is 41.0 Å². The van der Waals surface area contributed by atoms with Gasteiger partial charge in [0.1, 0.15) is 0 Å². The number of carbonyl (C=O) groups excluding carboxylic acids is 1. The van der Waals surface area contributed by atoms with Crippen LogP contribution in [0.4, 0.5) is 0 Å². The van der Waals surface area contributed by atoms with Gasteiger partial charge in [-0.15, -0.1) is 35.1 Å². The predicted molar refractivity (Wildman–Crippen MR) is 99.6 cm³/mol. The Kier molecular flexibility index (Phi) is 6.59. The lowest BCUT2D eigenvalue weighted by atomic mass is 9.88. The molecule has 0 aromatic carbocycles. The van der Waals surface area contributed by atoms with Gasteiger partial charge < -0.3 is 10.6 Å². The molecule has 0 aliphatic carbocycles. The number of hydrogen-bond acceptors (Lipinski definition) is 5. The molecular formula is C16H22ClN3OS2. The maximum atomic E-state index is 12.1. The molecule has 3 heterocycles. The average Bonchev–Trinajstić information content (AvgIpc) is 3.05. The minimum atomic E-state index is 0. The second-order valence-corrected chi connectivity index (χ2v) is 8.00. The van der Waals surface area contributed by atoms with E-state index in [1.54, 1.807) is 22.7 Å². The molecule has 0 radical (unpaired) electrons. The van der Waals surface area contributed by atoms with Crippen LogP contribution in [-0.2, 0) is 11.2 Å². The van der Waals surface area contributed by atoms with Gasteiger partial charge in [-0.2, -0.15) is 0 Å². The maximum Gasteiger partial charge on any atom is 0.223 e. The van der Waals surface area contributed by atoms with Crippen LogP contribution in [0.3, 0.4) is 0 Å². The minimum absolute atomic E-state index is 0. The number of halogens is 1. The van der Waals surface area contributed by atoms with Crippen molar-refractivity contribution in [2.75, 3.05) is 19.6 Å². The Morgan fingerprint density at radius 1 is 1.48 bits per heavy atom. The summed E-state index contributed by atoms with van der Waals surface area (Å²) in [5.41, 5.74) is 1.06. The Bertz CT molecular complexity index is 651. The largest absolute Gasteiger partial charge is 0.355 e. The lowest BCUT2D eigenvalue weighted by Crippen LogP contribution is -2.49. The first-order chi connectivity index (χ1) is 10.6. The topological polar surface area (TPSA) is 54.0 Å². The van der Waals surface area contributed by atoms with Crippen LogP contribution >= 0.6 is 35.1 Å². The van der Waals surface area contributed by atoms with E-state index in [4.69, 9.17) is 0 Å². The average molecular weight is 372 g/mol. The van der Waals surface area contributed by atoms with Crippen LogP contribution < -0.4 is 10.6 Å². The molecule has 126 valence electrons. The molecule has 2 aromatic rings. The number of amides is 1. The van der Waals surface area contributed by atoms with Crippen molar-refractivity contribution < 1.29 is 4.79 Å². The smallest absolute Gasteiger partial charge is 0.223 e. The SMILES string of the molecule is Cc1nc(-c2ccc(CCNC(=O)C(C)C3CNC3)s2)cs1.Cl. The summed E-state index contributed by atoms with van der Waals surface area (Å²) in [6, 6.07) is 4.26. The summed E-state index contributed by atoms with van der Waals surface area (Å²) in [5, 5.41) is 9.47. The monoisotopic (exact) mass is 371 g/mol. The van der Waals surface area contributed by atoms with Gasteiger partial charge in [-0.05, 0) is 44.5 Å². The van der Waals surface area contributed by atoms with Gasteiger partial charge >= 0.3 is 0 Å². The van der Waals surface area contributed by atoms with E-state index in [1.165, 1.54) is 9.75 Å². The van der Waals surface area contributed by atoms with Gasteiger partial charge in [-0.25, -0.2) is 4.98 Å². The first-order valence-electron chi connectivity index (χ1n) is 7.63. The summed E-state index contributed by atoms with van der Waals surface area (Å²) in [5.74, 6) is 0.790. The third-order valence-electron chi connectivity index (χ3n) is 4.14. The van der Waals surface area contributed by atoms with Crippen molar-refractivity contribution in [2.24, 2.45) is 11.8 Å². The molecule has 2 aromatic heterocycles. The lowest BCUT2D eigenvalue weighted by molar-refractivity contribution is -0.126. The molecule has 3 rings (SSSR count). The number of carbonyl (C=O) groups is 1. The van der Waals surface area contributed by atoms with Crippen LogP contribution in [0.1, 0.15) is 16.8 Å². The number of aromatic nitrogens is 1.